The van der Waals surface area contributed by atoms with Gasteiger partial charge in [0.25, 0.3) is 5.91 Å². The normalized spacial score (nSPS) is 15.3. The van der Waals surface area contributed by atoms with E-state index in [1.165, 1.54) is 26.4 Å². The second-order valence-electron chi connectivity index (χ2n) is 5.74. The number of imidazole rings is 1. The van der Waals surface area contributed by atoms with Crippen molar-refractivity contribution >= 4 is 29.0 Å². The van der Waals surface area contributed by atoms with Gasteiger partial charge in [-0.15, -0.1) is 0 Å². The lowest BCUT2D eigenvalue weighted by molar-refractivity contribution is 0.0928. The van der Waals surface area contributed by atoms with Gasteiger partial charge in [-0.1, -0.05) is 19.3 Å². The first-order valence-electron chi connectivity index (χ1n) is 7.81. The molecule has 122 valence electrons. The van der Waals surface area contributed by atoms with Crippen LogP contribution < -0.4 is 10.6 Å². The Bertz CT molecular complexity index is 719. The predicted molar refractivity (Wildman–Crippen MR) is 86.5 cm³/mol. The number of carbonyl (C=O) groups is 2. The summed E-state index contributed by atoms with van der Waals surface area (Å²) in [6.45, 7) is 0. The van der Waals surface area contributed by atoms with Crippen LogP contribution in [0.25, 0.3) is 11.0 Å². The van der Waals surface area contributed by atoms with Gasteiger partial charge in [0.15, 0.2) is 0 Å². The van der Waals surface area contributed by atoms with Crippen molar-refractivity contribution in [2.45, 2.75) is 38.1 Å². The predicted octanol–water partition coefficient (Wildman–Crippen LogP) is 2.80. The van der Waals surface area contributed by atoms with Crippen molar-refractivity contribution in [2.24, 2.45) is 0 Å². The van der Waals surface area contributed by atoms with E-state index in [1.54, 1.807) is 18.2 Å². The van der Waals surface area contributed by atoms with Crippen LogP contribution in [-0.2, 0) is 4.74 Å². The van der Waals surface area contributed by atoms with Crippen molar-refractivity contribution in [1.82, 2.24) is 15.3 Å². The molecule has 2 aromatic rings. The number of rotatable bonds is 3. The highest BCUT2D eigenvalue weighted by atomic mass is 16.5. The molecule has 0 atom stereocenters. The molecule has 3 N–H and O–H groups in total. The number of amides is 2. The summed E-state index contributed by atoms with van der Waals surface area (Å²) < 4.78 is 4.52. The molecule has 0 saturated heterocycles. The molecule has 1 fully saturated rings. The van der Waals surface area contributed by atoms with Crippen molar-refractivity contribution < 1.29 is 14.3 Å². The smallest absolute Gasteiger partial charge is 0.413 e. The Morgan fingerprint density at radius 1 is 1.26 bits per heavy atom. The molecule has 0 spiro atoms. The number of hydrogen-bond donors (Lipinski definition) is 3. The molecule has 2 amide bonds. The van der Waals surface area contributed by atoms with Crippen LogP contribution in [0.15, 0.2) is 18.2 Å². The van der Waals surface area contributed by atoms with Crippen LogP contribution in [0.1, 0.15) is 42.5 Å². The van der Waals surface area contributed by atoms with Gasteiger partial charge in [0.2, 0.25) is 5.95 Å². The Kier molecular flexibility index (Phi) is 4.45. The van der Waals surface area contributed by atoms with E-state index >= 15 is 0 Å². The van der Waals surface area contributed by atoms with Crippen molar-refractivity contribution in [3.8, 4) is 0 Å². The number of anilines is 1. The first-order chi connectivity index (χ1) is 11.2. The zero-order chi connectivity index (χ0) is 16.2. The molecule has 3 rings (SSSR count). The SMILES string of the molecule is COC(=O)Nc1nc2ccc(C(=O)NC3CCCCC3)cc2[nH]1. The summed E-state index contributed by atoms with van der Waals surface area (Å²) in [6.07, 6.45) is 5.10. The number of fused-ring (bicyclic) bond motifs is 1. The molecule has 0 unspecified atom stereocenters. The van der Waals surface area contributed by atoms with Crippen molar-refractivity contribution in [2.75, 3.05) is 12.4 Å². The fraction of sp³-hybridized carbons (Fsp3) is 0.438. The quantitative estimate of drug-likeness (QED) is 0.811. The van der Waals surface area contributed by atoms with E-state index < -0.39 is 6.09 Å². The summed E-state index contributed by atoms with van der Waals surface area (Å²) in [5.74, 6) is 0.215. The standard InChI is InChI=1S/C16H20N4O3/c1-23-16(22)20-15-18-12-8-7-10(9-13(12)19-15)14(21)17-11-5-3-2-4-6-11/h7-9,11H,2-6H2,1H3,(H,17,21)(H2,18,19,20,22). The minimum absolute atomic E-state index is 0.0733. The molecule has 1 aliphatic carbocycles. The number of ether oxygens (including phenoxy) is 1. The Hall–Kier alpha value is -2.57. The van der Waals surface area contributed by atoms with Gasteiger partial charge in [-0.25, -0.2) is 9.78 Å². The van der Waals surface area contributed by atoms with Gasteiger partial charge < -0.3 is 15.0 Å². The summed E-state index contributed by atoms with van der Waals surface area (Å²) in [5.41, 5.74) is 1.94. The van der Waals surface area contributed by atoms with E-state index in [2.05, 4.69) is 25.3 Å². The molecular formula is C16H20N4O3. The van der Waals surface area contributed by atoms with Gasteiger partial charge in [-0.05, 0) is 31.0 Å². The molecule has 1 saturated carbocycles. The highest BCUT2D eigenvalue weighted by molar-refractivity contribution is 5.98. The number of aromatic amines is 1. The summed E-state index contributed by atoms with van der Waals surface area (Å²) in [5, 5.41) is 5.55. The molecule has 1 heterocycles. The van der Waals surface area contributed by atoms with E-state index in [-0.39, 0.29) is 17.9 Å². The zero-order valence-corrected chi connectivity index (χ0v) is 13.0. The third-order valence-electron chi connectivity index (χ3n) is 4.09. The molecule has 0 radical (unpaired) electrons. The van der Waals surface area contributed by atoms with Crippen molar-refractivity contribution in [3.63, 3.8) is 0 Å². The lowest BCUT2D eigenvalue weighted by Crippen LogP contribution is -2.36. The first-order valence-corrected chi connectivity index (χ1v) is 7.81. The molecule has 7 heteroatoms. The highest BCUT2D eigenvalue weighted by Crippen LogP contribution is 2.19. The van der Waals surface area contributed by atoms with Crippen LogP contribution in [0.3, 0.4) is 0 Å². The van der Waals surface area contributed by atoms with Crippen LogP contribution in [0.4, 0.5) is 10.7 Å². The molecule has 0 aliphatic heterocycles. The molecule has 23 heavy (non-hydrogen) atoms. The van der Waals surface area contributed by atoms with Crippen LogP contribution in [0.5, 0.6) is 0 Å². The van der Waals surface area contributed by atoms with Gasteiger partial charge in [0.1, 0.15) is 0 Å². The Morgan fingerprint density at radius 2 is 2.04 bits per heavy atom. The van der Waals surface area contributed by atoms with E-state index in [4.69, 9.17) is 0 Å². The molecular weight excluding hydrogens is 296 g/mol. The van der Waals surface area contributed by atoms with Gasteiger partial charge in [-0.2, -0.15) is 0 Å². The van der Waals surface area contributed by atoms with Gasteiger partial charge in [0.05, 0.1) is 18.1 Å². The number of hydrogen-bond acceptors (Lipinski definition) is 4. The third kappa shape index (κ3) is 3.61. The van der Waals surface area contributed by atoms with Gasteiger partial charge in [0, 0.05) is 11.6 Å². The van der Waals surface area contributed by atoms with Gasteiger partial charge in [-0.3, -0.25) is 10.1 Å². The van der Waals surface area contributed by atoms with Crippen LogP contribution in [-0.4, -0.2) is 35.1 Å². The Morgan fingerprint density at radius 3 is 2.78 bits per heavy atom. The zero-order valence-electron chi connectivity index (χ0n) is 13.0. The number of carbonyl (C=O) groups excluding carboxylic acids is 2. The average molecular weight is 316 g/mol. The minimum Gasteiger partial charge on any atom is -0.453 e. The van der Waals surface area contributed by atoms with Crippen LogP contribution in [0, 0.1) is 0 Å². The molecule has 1 aliphatic rings. The summed E-state index contributed by atoms with van der Waals surface area (Å²) >= 11 is 0. The molecule has 1 aromatic heterocycles. The fourth-order valence-electron chi connectivity index (χ4n) is 2.87. The van der Waals surface area contributed by atoms with Crippen molar-refractivity contribution in [1.29, 1.82) is 0 Å². The van der Waals surface area contributed by atoms with E-state index in [0.717, 1.165) is 12.8 Å². The summed E-state index contributed by atoms with van der Waals surface area (Å²) in [7, 11) is 1.28. The maximum Gasteiger partial charge on any atom is 0.413 e. The first kappa shape index (κ1) is 15.3. The number of nitrogens with one attached hydrogen (secondary N) is 3. The second kappa shape index (κ2) is 6.68. The number of methoxy groups -OCH3 is 1. The molecule has 0 bridgehead atoms. The largest absolute Gasteiger partial charge is 0.453 e. The fourth-order valence-corrected chi connectivity index (χ4v) is 2.87. The second-order valence-corrected chi connectivity index (χ2v) is 5.74. The van der Waals surface area contributed by atoms with Crippen LogP contribution in [0.2, 0.25) is 0 Å². The van der Waals surface area contributed by atoms with Crippen molar-refractivity contribution in [3.05, 3.63) is 23.8 Å². The van der Waals surface area contributed by atoms with Gasteiger partial charge >= 0.3 is 6.09 Å². The number of H-pyrrole nitrogens is 1. The maximum absolute atomic E-state index is 12.4. The van der Waals surface area contributed by atoms with E-state index in [0.29, 0.717) is 16.6 Å². The lowest BCUT2D eigenvalue weighted by atomic mass is 9.95. The Balaban J connectivity index is 1.73. The number of aromatic nitrogens is 2. The van der Waals surface area contributed by atoms with Crippen LogP contribution >= 0.6 is 0 Å². The van der Waals surface area contributed by atoms with E-state index in [9.17, 15) is 9.59 Å². The third-order valence-corrected chi connectivity index (χ3v) is 4.09. The maximum atomic E-state index is 12.4. The molecule has 1 aromatic carbocycles. The molecule has 7 nitrogen and oxygen atoms in total. The topological polar surface area (TPSA) is 96.1 Å². The van der Waals surface area contributed by atoms with E-state index in [1.807, 2.05) is 0 Å². The minimum atomic E-state index is -0.598. The number of benzene rings is 1. The monoisotopic (exact) mass is 316 g/mol. The Labute approximate surface area is 133 Å². The lowest BCUT2D eigenvalue weighted by Gasteiger charge is -2.22. The average Bonchev–Trinajstić information content (AvgIpc) is 2.96. The summed E-state index contributed by atoms with van der Waals surface area (Å²) in [6, 6.07) is 5.50. The highest BCUT2D eigenvalue weighted by Gasteiger charge is 2.17. The number of nitrogens with zero attached hydrogens (tertiary/aromatic N) is 1. The summed E-state index contributed by atoms with van der Waals surface area (Å²) in [4.78, 5) is 30.7.